The number of aromatic nitrogens is 2. The van der Waals surface area contributed by atoms with Crippen molar-refractivity contribution in [2.24, 2.45) is 0 Å². The Morgan fingerprint density at radius 3 is 2.79 bits per heavy atom. The molecule has 0 aliphatic heterocycles. The van der Waals surface area contributed by atoms with Crippen LogP contribution in [0.25, 0.3) is 16.7 Å². The number of fused-ring (bicyclic) bond motifs is 1. The number of nitriles is 1. The zero-order valence-electron chi connectivity index (χ0n) is 10.3. The molecule has 4 heteroatoms. The maximum Gasteiger partial charge on any atom is 0.182 e. The van der Waals surface area contributed by atoms with Crippen molar-refractivity contribution in [2.45, 2.75) is 6.92 Å². The minimum Gasteiger partial charge on any atom is -0.330 e. The number of benzene rings is 2. The topological polar surface area (TPSA) is 44.5 Å². The van der Waals surface area contributed by atoms with E-state index in [9.17, 15) is 5.26 Å². The van der Waals surface area contributed by atoms with Crippen LogP contribution in [0.15, 0.2) is 42.5 Å². The van der Waals surface area contributed by atoms with Crippen LogP contribution in [-0.2, 0) is 0 Å². The number of H-pyrrole nitrogens is 1. The van der Waals surface area contributed by atoms with Crippen LogP contribution < -0.4 is 0 Å². The van der Waals surface area contributed by atoms with Crippen LogP contribution in [-0.4, -0.2) is 9.55 Å². The summed E-state index contributed by atoms with van der Waals surface area (Å²) in [4.78, 5) is 3.17. The van der Waals surface area contributed by atoms with Crippen molar-refractivity contribution in [1.29, 1.82) is 5.26 Å². The molecule has 0 radical (unpaired) electrons. The summed E-state index contributed by atoms with van der Waals surface area (Å²) < 4.78 is 2.51. The van der Waals surface area contributed by atoms with Crippen LogP contribution in [0.1, 0.15) is 11.1 Å². The van der Waals surface area contributed by atoms with Gasteiger partial charge in [-0.15, -0.1) is 0 Å². The van der Waals surface area contributed by atoms with Gasteiger partial charge in [0.2, 0.25) is 0 Å². The summed E-state index contributed by atoms with van der Waals surface area (Å²) in [5, 5.41) is 9.23. The Bertz CT molecular complexity index is 865. The van der Waals surface area contributed by atoms with E-state index in [1.165, 1.54) is 0 Å². The number of rotatable bonds is 1. The Morgan fingerprint density at radius 1 is 1.21 bits per heavy atom. The lowest BCUT2D eigenvalue weighted by atomic mass is 10.1. The van der Waals surface area contributed by atoms with E-state index in [2.05, 4.69) is 17.1 Å². The first-order chi connectivity index (χ1) is 9.20. The third-order valence-corrected chi connectivity index (χ3v) is 3.39. The molecule has 19 heavy (non-hydrogen) atoms. The van der Waals surface area contributed by atoms with Gasteiger partial charge in [-0.3, -0.25) is 4.57 Å². The van der Waals surface area contributed by atoms with Gasteiger partial charge >= 0.3 is 0 Å². The first-order valence-corrected chi connectivity index (χ1v) is 6.32. The summed E-state index contributed by atoms with van der Waals surface area (Å²) in [7, 11) is 0. The first-order valence-electron chi connectivity index (χ1n) is 5.91. The van der Waals surface area contributed by atoms with E-state index >= 15 is 0 Å². The Balaban J connectivity index is 2.43. The Hall–Kier alpha value is -2.38. The van der Waals surface area contributed by atoms with Gasteiger partial charge in [-0.25, -0.2) is 0 Å². The molecule has 0 spiro atoms. The monoisotopic (exact) mass is 265 g/mol. The van der Waals surface area contributed by atoms with Gasteiger partial charge in [-0.05, 0) is 49.0 Å². The zero-order chi connectivity index (χ0) is 13.4. The molecule has 1 aromatic heterocycles. The Labute approximate surface area is 115 Å². The lowest BCUT2D eigenvalue weighted by Crippen LogP contribution is -1.97. The third-order valence-electron chi connectivity index (χ3n) is 3.10. The fourth-order valence-corrected chi connectivity index (χ4v) is 2.52. The second-order valence-electron chi connectivity index (χ2n) is 4.42. The molecule has 0 fully saturated rings. The van der Waals surface area contributed by atoms with E-state index in [4.69, 9.17) is 12.2 Å². The molecule has 1 N–H and O–H groups in total. The van der Waals surface area contributed by atoms with Gasteiger partial charge in [-0.1, -0.05) is 18.2 Å². The predicted octanol–water partition coefficient (Wildman–Crippen LogP) is 3.87. The fraction of sp³-hybridized carbons (Fsp3) is 0.0667. The number of hydrogen-bond acceptors (Lipinski definition) is 2. The molecule has 3 nitrogen and oxygen atoms in total. The molecule has 0 bridgehead atoms. The summed E-state index contributed by atoms with van der Waals surface area (Å²) >= 11 is 5.38. The van der Waals surface area contributed by atoms with Crippen molar-refractivity contribution in [3.63, 3.8) is 0 Å². The summed E-state index contributed by atoms with van der Waals surface area (Å²) in [6, 6.07) is 15.8. The maximum atomic E-state index is 9.23. The van der Waals surface area contributed by atoms with Crippen molar-refractivity contribution in [1.82, 2.24) is 9.55 Å². The number of para-hydroxylation sites is 1. The number of nitrogens with zero attached hydrogens (tertiary/aromatic N) is 2. The number of nitrogens with one attached hydrogen (secondary N) is 1. The SMILES string of the molecule is Cc1ccc2[nH]c(=S)n(-c3ccccc3C#N)c2c1. The molecule has 0 amide bonds. The number of imidazole rings is 1. The third kappa shape index (κ3) is 1.85. The van der Waals surface area contributed by atoms with Gasteiger partial charge in [0.15, 0.2) is 4.77 Å². The van der Waals surface area contributed by atoms with E-state index in [0.717, 1.165) is 22.3 Å². The molecule has 0 saturated carbocycles. The fourth-order valence-electron chi connectivity index (χ4n) is 2.22. The smallest absolute Gasteiger partial charge is 0.182 e. The van der Waals surface area contributed by atoms with E-state index in [1.807, 2.05) is 41.8 Å². The predicted molar refractivity (Wildman–Crippen MR) is 77.9 cm³/mol. The van der Waals surface area contributed by atoms with Crippen LogP contribution >= 0.6 is 12.2 Å². The summed E-state index contributed by atoms with van der Waals surface area (Å²) in [5.41, 5.74) is 4.55. The first kappa shape index (κ1) is 11.7. The van der Waals surface area contributed by atoms with E-state index in [-0.39, 0.29) is 0 Å². The minimum atomic E-state index is 0.600. The lowest BCUT2D eigenvalue weighted by Gasteiger charge is -2.06. The molecule has 1 heterocycles. The van der Waals surface area contributed by atoms with E-state index in [0.29, 0.717) is 10.3 Å². The highest BCUT2D eigenvalue weighted by molar-refractivity contribution is 7.71. The molecule has 0 saturated heterocycles. The quantitative estimate of drug-likeness (QED) is 0.679. The van der Waals surface area contributed by atoms with Crippen molar-refractivity contribution >= 4 is 23.3 Å². The van der Waals surface area contributed by atoms with E-state index in [1.54, 1.807) is 6.07 Å². The summed E-state index contributed by atoms with van der Waals surface area (Å²) in [6.45, 7) is 2.04. The molecule has 0 aliphatic carbocycles. The second kappa shape index (κ2) is 4.38. The van der Waals surface area contributed by atoms with Crippen LogP contribution in [0.5, 0.6) is 0 Å². The van der Waals surface area contributed by atoms with Crippen molar-refractivity contribution in [3.8, 4) is 11.8 Å². The molecule has 3 aromatic rings. The highest BCUT2D eigenvalue weighted by Gasteiger charge is 2.09. The normalized spacial score (nSPS) is 10.5. The molecule has 0 aliphatic rings. The second-order valence-corrected chi connectivity index (χ2v) is 4.80. The maximum absolute atomic E-state index is 9.23. The summed E-state index contributed by atoms with van der Waals surface area (Å²) in [5.74, 6) is 0. The minimum absolute atomic E-state index is 0.600. The van der Waals surface area contributed by atoms with Crippen LogP contribution in [0.4, 0.5) is 0 Å². The molecular formula is C15H11N3S. The van der Waals surface area contributed by atoms with E-state index < -0.39 is 0 Å². The number of aromatic amines is 1. The Kier molecular flexibility index (Phi) is 2.69. The van der Waals surface area contributed by atoms with Gasteiger partial charge < -0.3 is 4.98 Å². The standard InChI is InChI=1S/C15H11N3S/c1-10-6-7-12-14(8-10)18(15(19)17-12)13-5-3-2-4-11(13)9-16/h2-8H,1H3,(H,17,19). The number of hydrogen-bond donors (Lipinski definition) is 1. The van der Waals surface area contributed by atoms with Gasteiger partial charge in [0.05, 0.1) is 22.3 Å². The highest BCUT2D eigenvalue weighted by atomic mass is 32.1. The molecule has 92 valence electrons. The van der Waals surface area contributed by atoms with Crippen LogP contribution in [0, 0.1) is 23.0 Å². The highest BCUT2D eigenvalue weighted by Crippen LogP contribution is 2.22. The summed E-state index contributed by atoms with van der Waals surface area (Å²) in [6.07, 6.45) is 0. The largest absolute Gasteiger partial charge is 0.330 e. The zero-order valence-corrected chi connectivity index (χ0v) is 11.2. The average molecular weight is 265 g/mol. The average Bonchev–Trinajstić information content (AvgIpc) is 2.74. The van der Waals surface area contributed by atoms with Crippen LogP contribution in [0.3, 0.4) is 0 Å². The molecule has 0 atom stereocenters. The van der Waals surface area contributed by atoms with Crippen molar-refractivity contribution in [2.75, 3.05) is 0 Å². The van der Waals surface area contributed by atoms with Gasteiger partial charge in [0.1, 0.15) is 6.07 Å². The Morgan fingerprint density at radius 2 is 2.00 bits per heavy atom. The molecule has 2 aromatic carbocycles. The van der Waals surface area contributed by atoms with Gasteiger partial charge in [0.25, 0.3) is 0 Å². The van der Waals surface area contributed by atoms with Crippen molar-refractivity contribution < 1.29 is 0 Å². The molecular weight excluding hydrogens is 254 g/mol. The van der Waals surface area contributed by atoms with Crippen molar-refractivity contribution in [3.05, 3.63) is 58.4 Å². The van der Waals surface area contributed by atoms with Gasteiger partial charge in [-0.2, -0.15) is 5.26 Å². The van der Waals surface area contributed by atoms with Crippen LogP contribution in [0.2, 0.25) is 0 Å². The number of aryl methyl sites for hydroxylation is 1. The lowest BCUT2D eigenvalue weighted by molar-refractivity contribution is 1.06. The van der Waals surface area contributed by atoms with Gasteiger partial charge in [0, 0.05) is 0 Å². The molecule has 0 unspecified atom stereocenters. The molecule has 3 rings (SSSR count).